The number of amides is 2. The zero-order chi connectivity index (χ0) is 23.3. The van der Waals surface area contributed by atoms with Crippen molar-refractivity contribution < 1.29 is 28.5 Å². The standard InChI is InChI=1S/C23H35N3O6/c1-14(2)30-22(27)25-26(23(28)31-15(3)4)17-10-16-11-21(32-18-8-6-7-9-18)20(29-5)12-19(16)24-13-17/h11-12,14-15,17-18,24H,6-10,13H2,1-5H3,(H,25,27)/t17-/m1/s1. The van der Waals surface area contributed by atoms with Crippen LogP contribution in [0.1, 0.15) is 58.9 Å². The number of carbonyl (C=O) groups is 2. The largest absolute Gasteiger partial charge is 0.493 e. The van der Waals surface area contributed by atoms with Gasteiger partial charge in [-0.25, -0.2) is 20.0 Å². The molecule has 0 spiro atoms. The van der Waals surface area contributed by atoms with Crippen LogP contribution in [-0.2, 0) is 15.9 Å². The summed E-state index contributed by atoms with van der Waals surface area (Å²) in [5.41, 5.74) is 4.44. The van der Waals surface area contributed by atoms with Gasteiger partial charge in [0.2, 0.25) is 0 Å². The minimum Gasteiger partial charge on any atom is -0.493 e. The van der Waals surface area contributed by atoms with E-state index in [1.165, 1.54) is 17.9 Å². The maximum Gasteiger partial charge on any atom is 0.429 e. The summed E-state index contributed by atoms with van der Waals surface area (Å²) in [4.78, 5) is 25.0. The summed E-state index contributed by atoms with van der Waals surface area (Å²) in [5.74, 6) is 1.38. The summed E-state index contributed by atoms with van der Waals surface area (Å²) in [7, 11) is 1.63. The summed E-state index contributed by atoms with van der Waals surface area (Å²) in [6.07, 6.45) is 3.15. The fourth-order valence-electron chi connectivity index (χ4n) is 3.99. The van der Waals surface area contributed by atoms with Gasteiger partial charge >= 0.3 is 12.2 Å². The highest BCUT2D eigenvalue weighted by molar-refractivity contribution is 5.75. The monoisotopic (exact) mass is 449 g/mol. The Morgan fingerprint density at radius 1 is 1.06 bits per heavy atom. The Morgan fingerprint density at radius 2 is 1.75 bits per heavy atom. The fraction of sp³-hybridized carbons (Fsp3) is 0.652. The number of nitrogens with zero attached hydrogens (tertiary/aromatic N) is 1. The molecule has 0 unspecified atom stereocenters. The number of methoxy groups -OCH3 is 1. The molecule has 0 saturated heterocycles. The van der Waals surface area contributed by atoms with Crippen LogP contribution >= 0.6 is 0 Å². The quantitative estimate of drug-likeness (QED) is 0.627. The molecule has 32 heavy (non-hydrogen) atoms. The Kier molecular flexibility index (Phi) is 7.93. The lowest BCUT2D eigenvalue weighted by molar-refractivity contribution is 0.0327. The molecule has 9 heteroatoms. The van der Waals surface area contributed by atoms with Crippen LogP contribution in [0.4, 0.5) is 15.3 Å². The molecule has 1 aliphatic heterocycles. The Morgan fingerprint density at radius 3 is 2.38 bits per heavy atom. The molecule has 1 aromatic rings. The van der Waals surface area contributed by atoms with Crippen LogP contribution in [0.2, 0.25) is 0 Å². The van der Waals surface area contributed by atoms with Crippen molar-refractivity contribution >= 4 is 17.9 Å². The maximum absolute atomic E-state index is 12.7. The van der Waals surface area contributed by atoms with Crippen LogP contribution in [0.3, 0.4) is 0 Å². The van der Waals surface area contributed by atoms with Crippen molar-refractivity contribution in [2.24, 2.45) is 0 Å². The number of hydrogen-bond acceptors (Lipinski definition) is 7. The summed E-state index contributed by atoms with van der Waals surface area (Å²) in [6.45, 7) is 7.43. The molecule has 9 nitrogen and oxygen atoms in total. The molecule has 2 aliphatic rings. The number of benzene rings is 1. The molecular weight excluding hydrogens is 414 g/mol. The fourth-order valence-corrected chi connectivity index (χ4v) is 3.99. The Hall–Kier alpha value is -2.84. The number of anilines is 1. The molecule has 2 N–H and O–H groups in total. The second-order valence-electron chi connectivity index (χ2n) is 8.79. The molecule has 1 aromatic carbocycles. The van der Waals surface area contributed by atoms with Crippen LogP contribution in [-0.4, -0.2) is 55.2 Å². The minimum absolute atomic E-state index is 0.194. The van der Waals surface area contributed by atoms with Crippen molar-refractivity contribution in [3.8, 4) is 11.5 Å². The normalized spacial score (nSPS) is 18.0. The van der Waals surface area contributed by atoms with Gasteiger partial charge in [-0.1, -0.05) is 0 Å². The molecule has 0 bridgehead atoms. The van der Waals surface area contributed by atoms with Gasteiger partial charge < -0.3 is 24.3 Å². The molecule has 2 amide bonds. The van der Waals surface area contributed by atoms with Gasteiger partial charge in [-0.2, -0.15) is 0 Å². The Labute approximate surface area is 189 Å². The highest BCUT2D eigenvalue weighted by atomic mass is 16.6. The van der Waals surface area contributed by atoms with E-state index in [1.54, 1.807) is 34.8 Å². The average molecular weight is 450 g/mol. The molecule has 3 rings (SSSR count). The van der Waals surface area contributed by atoms with Gasteiger partial charge in [0.1, 0.15) is 0 Å². The smallest absolute Gasteiger partial charge is 0.429 e. The minimum atomic E-state index is -0.702. The van der Waals surface area contributed by atoms with E-state index < -0.39 is 12.2 Å². The first-order valence-corrected chi connectivity index (χ1v) is 11.3. The zero-order valence-corrected chi connectivity index (χ0v) is 19.6. The second kappa shape index (κ2) is 10.7. The maximum atomic E-state index is 12.7. The van der Waals surface area contributed by atoms with Crippen LogP contribution in [0.15, 0.2) is 12.1 Å². The number of ether oxygens (including phenoxy) is 4. The van der Waals surface area contributed by atoms with E-state index in [0.29, 0.717) is 24.5 Å². The number of rotatable bonds is 6. The molecule has 1 saturated carbocycles. The highest BCUT2D eigenvalue weighted by Crippen LogP contribution is 2.38. The van der Waals surface area contributed by atoms with Crippen LogP contribution in [0.25, 0.3) is 0 Å². The molecule has 0 aromatic heterocycles. The van der Waals surface area contributed by atoms with Crippen LogP contribution < -0.4 is 20.2 Å². The van der Waals surface area contributed by atoms with E-state index in [2.05, 4.69) is 10.7 Å². The average Bonchev–Trinajstić information content (AvgIpc) is 3.23. The number of hydrazine groups is 1. The summed E-state index contributed by atoms with van der Waals surface area (Å²) in [5, 5.41) is 4.54. The molecule has 1 heterocycles. The lowest BCUT2D eigenvalue weighted by Gasteiger charge is -2.35. The van der Waals surface area contributed by atoms with Gasteiger partial charge in [-0.15, -0.1) is 0 Å². The predicted molar refractivity (Wildman–Crippen MR) is 120 cm³/mol. The van der Waals surface area contributed by atoms with Crippen molar-refractivity contribution in [3.63, 3.8) is 0 Å². The summed E-state index contributed by atoms with van der Waals surface area (Å²) in [6, 6.07) is 3.51. The van der Waals surface area contributed by atoms with Crippen molar-refractivity contribution in [1.82, 2.24) is 10.4 Å². The molecule has 1 atom stereocenters. The van der Waals surface area contributed by atoms with Crippen LogP contribution in [0, 0.1) is 0 Å². The second-order valence-corrected chi connectivity index (χ2v) is 8.79. The first-order chi connectivity index (χ1) is 15.3. The number of carbonyl (C=O) groups excluding carboxylic acids is 2. The zero-order valence-electron chi connectivity index (χ0n) is 19.6. The van der Waals surface area contributed by atoms with E-state index in [1.807, 2.05) is 12.1 Å². The van der Waals surface area contributed by atoms with Gasteiger partial charge in [0.15, 0.2) is 11.5 Å². The SMILES string of the molecule is COc1cc2c(cc1OC1CCCC1)C[C@@H](N(NC(=O)OC(C)C)C(=O)OC(C)C)CN2. The summed E-state index contributed by atoms with van der Waals surface area (Å²) >= 11 is 0. The Balaban J connectivity index is 1.80. The third-order valence-electron chi connectivity index (χ3n) is 5.42. The van der Waals surface area contributed by atoms with Gasteiger partial charge in [-0.05, 0) is 71.4 Å². The third-order valence-corrected chi connectivity index (χ3v) is 5.42. The van der Waals surface area contributed by atoms with E-state index in [4.69, 9.17) is 18.9 Å². The van der Waals surface area contributed by atoms with Gasteiger partial charge in [0.05, 0.1) is 31.5 Å². The molecule has 1 aliphatic carbocycles. The molecule has 178 valence electrons. The van der Waals surface area contributed by atoms with Crippen molar-refractivity contribution in [2.45, 2.75) is 84.2 Å². The Bertz CT molecular complexity index is 807. The molecule has 0 radical (unpaired) electrons. The van der Waals surface area contributed by atoms with Crippen molar-refractivity contribution in [3.05, 3.63) is 17.7 Å². The van der Waals surface area contributed by atoms with E-state index in [0.717, 1.165) is 24.1 Å². The van der Waals surface area contributed by atoms with Gasteiger partial charge in [0.25, 0.3) is 0 Å². The first kappa shape index (κ1) is 23.8. The van der Waals surface area contributed by atoms with E-state index in [9.17, 15) is 9.59 Å². The number of fused-ring (bicyclic) bond motifs is 1. The van der Waals surface area contributed by atoms with Crippen molar-refractivity contribution in [2.75, 3.05) is 19.0 Å². The number of hydrogen-bond donors (Lipinski definition) is 2. The first-order valence-electron chi connectivity index (χ1n) is 11.3. The molecular formula is C23H35N3O6. The van der Waals surface area contributed by atoms with E-state index >= 15 is 0 Å². The lowest BCUT2D eigenvalue weighted by Crippen LogP contribution is -2.56. The predicted octanol–water partition coefficient (Wildman–Crippen LogP) is 4.25. The van der Waals surface area contributed by atoms with Crippen LogP contribution in [0.5, 0.6) is 11.5 Å². The van der Waals surface area contributed by atoms with Crippen molar-refractivity contribution in [1.29, 1.82) is 0 Å². The molecule has 1 fully saturated rings. The summed E-state index contributed by atoms with van der Waals surface area (Å²) < 4.78 is 22.3. The van der Waals surface area contributed by atoms with Gasteiger partial charge in [-0.3, -0.25) is 0 Å². The topological polar surface area (TPSA) is 98.4 Å². The van der Waals surface area contributed by atoms with E-state index in [-0.39, 0.29) is 24.4 Å². The third kappa shape index (κ3) is 6.11. The lowest BCUT2D eigenvalue weighted by atomic mass is 9.98. The highest BCUT2D eigenvalue weighted by Gasteiger charge is 2.32. The number of nitrogens with one attached hydrogen (secondary N) is 2. The van der Waals surface area contributed by atoms with Gasteiger partial charge in [0, 0.05) is 18.3 Å².